The highest BCUT2D eigenvalue weighted by atomic mass is 79.9. The van der Waals surface area contributed by atoms with Crippen molar-refractivity contribution in [1.29, 1.82) is 0 Å². The molecule has 0 aliphatic heterocycles. The first-order valence-electron chi connectivity index (χ1n) is 4.89. The minimum Gasteiger partial charge on any atom is -0.228 e. The standard InChI is InChI=1S/C11H11BrO2S2/c1-2-16(13,14)7-8-6-9-10(12)4-3-5-11(9)15-8/h3-6H,2,7H2,1H3. The van der Waals surface area contributed by atoms with Gasteiger partial charge in [-0.25, -0.2) is 8.42 Å². The van der Waals surface area contributed by atoms with E-state index in [0.29, 0.717) is 0 Å². The molecular formula is C11H11BrO2S2. The predicted molar refractivity (Wildman–Crippen MR) is 72.7 cm³/mol. The zero-order valence-corrected chi connectivity index (χ0v) is 12.0. The van der Waals surface area contributed by atoms with E-state index in [1.165, 1.54) is 0 Å². The molecule has 0 aliphatic carbocycles. The van der Waals surface area contributed by atoms with Gasteiger partial charge in [0.25, 0.3) is 0 Å². The summed E-state index contributed by atoms with van der Waals surface area (Å²) in [5.41, 5.74) is 0. The molecular weight excluding hydrogens is 308 g/mol. The third-order valence-corrected chi connectivity index (χ3v) is 5.97. The third kappa shape index (κ3) is 2.47. The summed E-state index contributed by atoms with van der Waals surface area (Å²) in [4.78, 5) is 0.906. The summed E-state index contributed by atoms with van der Waals surface area (Å²) in [5.74, 6) is 0.345. The fourth-order valence-electron chi connectivity index (χ4n) is 1.47. The SMILES string of the molecule is CCS(=O)(=O)Cc1cc2c(Br)cccc2s1. The number of rotatable bonds is 3. The highest BCUT2D eigenvalue weighted by Gasteiger charge is 2.12. The van der Waals surface area contributed by atoms with Crippen LogP contribution in [0.25, 0.3) is 10.1 Å². The molecule has 0 spiro atoms. The van der Waals surface area contributed by atoms with Crippen molar-refractivity contribution in [3.8, 4) is 0 Å². The van der Waals surface area contributed by atoms with Gasteiger partial charge in [0.2, 0.25) is 0 Å². The Bertz CT molecular complexity index is 614. The number of fused-ring (bicyclic) bond motifs is 1. The summed E-state index contributed by atoms with van der Waals surface area (Å²) in [6, 6.07) is 7.89. The molecule has 5 heteroatoms. The Hall–Kier alpha value is -0.390. The van der Waals surface area contributed by atoms with Crippen LogP contribution in [0.1, 0.15) is 11.8 Å². The molecule has 0 saturated carbocycles. The first-order valence-corrected chi connectivity index (χ1v) is 8.32. The maximum absolute atomic E-state index is 11.5. The molecule has 0 bridgehead atoms. The van der Waals surface area contributed by atoms with E-state index >= 15 is 0 Å². The van der Waals surface area contributed by atoms with E-state index in [2.05, 4.69) is 15.9 Å². The molecule has 16 heavy (non-hydrogen) atoms. The first kappa shape index (κ1) is 12.1. The number of hydrogen-bond acceptors (Lipinski definition) is 3. The molecule has 2 rings (SSSR count). The molecule has 1 aromatic heterocycles. The number of thiophene rings is 1. The van der Waals surface area contributed by atoms with E-state index < -0.39 is 9.84 Å². The maximum Gasteiger partial charge on any atom is 0.154 e. The second-order valence-electron chi connectivity index (χ2n) is 3.54. The van der Waals surface area contributed by atoms with Gasteiger partial charge in [-0.3, -0.25) is 0 Å². The molecule has 0 saturated heterocycles. The normalized spacial score (nSPS) is 12.1. The molecule has 0 amide bonds. The van der Waals surface area contributed by atoms with Gasteiger partial charge in [0.1, 0.15) is 0 Å². The Labute approximate surface area is 107 Å². The largest absolute Gasteiger partial charge is 0.228 e. The highest BCUT2D eigenvalue weighted by molar-refractivity contribution is 9.10. The van der Waals surface area contributed by atoms with Crippen LogP contribution in [0, 0.1) is 0 Å². The predicted octanol–water partition coefficient (Wildman–Crippen LogP) is 3.60. The van der Waals surface area contributed by atoms with Crippen LogP contribution >= 0.6 is 27.3 Å². The Balaban J connectivity index is 2.45. The average molecular weight is 319 g/mol. The van der Waals surface area contributed by atoms with Crippen molar-refractivity contribution in [2.45, 2.75) is 12.7 Å². The van der Waals surface area contributed by atoms with Gasteiger partial charge in [-0.15, -0.1) is 11.3 Å². The lowest BCUT2D eigenvalue weighted by molar-refractivity contribution is 0.597. The van der Waals surface area contributed by atoms with Gasteiger partial charge in [0.15, 0.2) is 9.84 Å². The summed E-state index contributed by atoms with van der Waals surface area (Å²) in [6.45, 7) is 1.68. The van der Waals surface area contributed by atoms with Crippen molar-refractivity contribution in [1.82, 2.24) is 0 Å². The van der Waals surface area contributed by atoms with Crippen LogP contribution in [0.3, 0.4) is 0 Å². The molecule has 1 heterocycles. The second-order valence-corrected chi connectivity index (χ2v) is 7.92. The van der Waals surface area contributed by atoms with Gasteiger partial charge < -0.3 is 0 Å². The van der Waals surface area contributed by atoms with E-state index in [9.17, 15) is 8.42 Å². The van der Waals surface area contributed by atoms with Gasteiger partial charge in [-0.05, 0) is 18.2 Å². The number of halogens is 1. The van der Waals surface area contributed by atoms with Crippen LogP contribution in [0.15, 0.2) is 28.7 Å². The minimum absolute atomic E-state index is 0.148. The van der Waals surface area contributed by atoms with Gasteiger partial charge in [0.05, 0.1) is 5.75 Å². The quantitative estimate of drug-likeness (QED) is 0.866. The molecule has 0 radical (unpaired) electrons. The average Bonchev–Trinajstić information content (AvgIpc) is 2.61. The highest BCUT2D eigenvalue weighted by Crippen LogP contribution is 2.32. The zero-order valence-electron chi connectivity index (χ0n) is 8.73. The van der Waals surface area contributed by atoms with Crippen molar-refractivity contribution in [2.75, 3.05) is 5.75 Å². The van der Waals surface area contributed by atoms with Gasteiger partial charge >= 0.3 is 0 Å². The maximum atomic E-state index is 11.5. The lowest BCUT2D eigenvalue weighted by Crippen LogP contribution is -2.04. The molecule has 0 aliphatic rings. The van der Waals surface area contributed by atoms with Crippen LogP contribution < -0.4 is 0 Å². The molecule has 0 N–H and O–H groups in total. The number of hydrogen-bond donors (Lipinski definition) is 0. The fourth-order valence-corrected chi connectivity index (χ4v) is 4.46. The van der Waals surface area contributed by atoms with Crippen molar-refractivity contribution in [2.24, 2.45) is 0 Å². The molecule has 0 fully saturated rings. The van der Waals surface area contributed by atoms with Crippen LogP contribution in [-0.2, 0) is 15.6 Å². The molecule has 0 unspecified atom stereocenters. The number of sulfone groups is 1. The molecule has 86 valence electrons. The Morgan fingerprint density at radius 1 is 1.38 bits per heavy atom. The van der Waals surface area contributed by atoms with Crippen molar-refractivity contribution >= 4 is 47.2 Å². The summed E-state index contributed by atoms with van der Waals surface area (Å²) >= 11 is 5.01. The first-order chi connectivity index (χ1) is 7.52. The molecule has 1 aromatic carbocycles. The Morgan fingerprint density at radius 2 is 2.12 bits per heavy atom. The lowest BCUT2D eigenvalue weighted by atomic mass is 10.2. The van der Waals surface area contributed by atoms with Crippen LogP contribution in [0.4, 0.5) is 0 Å². The van der Waals surface area contributed by atoms with Crippen LogP contribution in [0.2, 0.25) is 0 Å². The number of benzene rings is 1. The van der Waals surface area contributed by atoms with E-state index in [-0.39, 0.29) is 11.5 Å². The van der Waals surface area contributed by atoms with Crippen LogP contribution in [0.5, 0.6) is 0 Å². The Kier molecular flexibility index (Phi) is 3.37. The summed E-state index contributed by atoms with van der Waals surface area (Å²) in [5, 5.41) is 1.09. The monoisotopic (exact) mass is 318 g/mol. The van der Waals surface area contributed by atoms with Crippen molar-refractivity contribution in [3.63, 3.8) is 0 Å². The van der Waals surface area contributed by atoms with Gasteiger partial charge in [-0.2, -0.15) is 0 Å². The zero-order chi connectivity index (χ0) is 11.8. The van der Waals surface area contributed by atoms with Gasteiger partial charge in [-0.1, -0.05) is 28.9 Å². The minimum atomic E-state index is -2.94. The van der Waals surface area contributed by atoms with Gasteiger partial charge in [0, 0.05) is 25.2 Å². The summed E-state index contributed by atoms with van der Waals surface area (Å²) in [7, 11) is -2.94. The molecule has 2 nitrogen and oxygen atoms in total. The van der Waals surface area contributed by atoms with Crippen molar-refractivity contribution < 1.29 is 8.42 Å². The Morgan fingerprint density at radius 3 is 2.75 bits per heavy atom. The second kappa shape index (κ2) is 4.47. The summed E-state index contributed by atoms with van der Waals surface area (Å²) in [6.07, 6.45) is 0. The van der Waals surface area contributed by atoms with E-state index in [1.54, 1.807) is 18.3 Å². The third-order valence-electron chi connectivity index (χ3n) is 2.36. The molecule has 0 atom stereocenters. The smallest absolute Gasteiger partial charge is 0.154 e. The van der Waals surface area contributed by atoms with Crippen molar-refractivity contribution in [3.05, 3.63) is 33.6 Å². The summed E-state index contributed by atoms with van der Waals surface area (Å²) < 4.78 is 25.2. The van der Waals surface area contributed by atoms with E-state index in [0.717, 1.165) is 19.4 Å². The lowest BCUT2D eigenvalue weighted by Gasteiger charge is -1.96. The van der Waals surface area contributed by atoms with Crippen LogP contribution in [-0.4, -0.2) is 14.2 Å². The fraction of sp³-hybridized carbons (Fsp3) is 0.273. The van der Waals surface area contributed by atoms with E-state index in [4.69, 9.17) is 0 Å². The van der Waals surface area contributed by atoms with E-state index in [1.807, 2.05) is 24.3 Å². The molecule has 2 aromatic rings. The topological polar surface area (TPSA) is 34.1 Å².